The summed E-state index contributed by atoms with van der Waals surface area (Å²) in [6.45, 7) is 11.4. The number of nitrogens with zero attached hydrogens (tertiary/aromatic N) is 2. The lowest BCUT2D eigenvalue weighted by Crippen LogP contribution is -2.36. The van der Waals surface area contributed by atoms with E-state index in [9.17, 15) is 0 Å². The Bertz CT molecular complexity index is 764. The Morgan fingerprint density at radius 2 is 2.17 bits per heavy atom. The van der Waals surface area contributed by atoms with Crippen molar-refractivity contribution in [2.45, 2.75) is 13.8 Å². The van der Waals surface area contributed by atoms with Gasteiger partial charge in [0.2, 0.25) is 0 Å². The first kappa shape index (κ1) is 15.6. The van der Waals surface area contributed by atoms with E-state index in [4.69, 9.17) is 4.74 Å². The molecule has 4 heteroatoms. The molecule has 3 heterocycles. The minimum absolute atomic E-state index is 0.775. The van der Waals surface area contributed by atoms with Crippen molar-refractivity contribution in [3.8, 4) is 0 Å². The number of hydrogen-bond donors (Lipinski definition) is 1. The van der Waals surface area contributed by atoms with Crippen LogP contribution in [0, 0.1) is 0 Å². The minimum atomic E-state index is 0.775. The van der Waals surface area contributed by atoms with Gasteiger partial charge in [-0.2, -0.15) is 0 Å². The Labute approximate surface area is 137 Å². The number of aromatic nitrogens is 2. The number of nitrogens with one attached hydrogen (secondary N) is 1. The molecule has 2 aromatic rings. The molecule has 0 atom stereocenters. The number of H-pyrrole nitrogens is 1. The van der Waals surface area contributed by atoms with Crippen molar-refractivity contribution in [3.05, 3.63) is 54.4 Å². The molecular formula is C19H23N3O. The summed E-state index contributed by atoms with van der Waals surface area (Å²) in [5.41, 5.74) is 5.39. The number of aromatic amines is 1. The van der Waals surface area contributed by atoms with Gasteiger partial charge in [-0.1, -0.05) is 30.4 Å². The predicted octanol–water partition coefficient (Wildman–Crippen LogP) is 3.94. The molecule has 0 spiro atoms. The fraction of sp³-hybridized carbons (Fsp3) is 0.316. The van der Waals surface area contributed by atoms with Crippen molar-refractivity contribution in [3.63, 3.8) is 0 Å². The van der Waals surface area contributed by atoms with E-state index in [1.807, 2.05) is 32.3 Å². The van der Waals surface area contributed by atoms with Crippen LogP contribution >= 0.6 is 0 Å². The molecule has 1 N–H and O–H groups in total. The molecule has 0 radical (unpaired) electrons. The number of ether oxygens (including phenoxy) is 1. The maximum Gasteiger partial charge on any atom is 0.138 e. The normalized spacial score (nSPS) is 16.4. The zero-order valence-electron chi connectivity index (χ0n) is 13.8. The first-order valence-corrected chi connectivity index (χ1v) is 7.99. The van der Waals surface area contributed by atoms with Crippen LogP contribution in [-0.2, 0) is 4.74 Å². The fourth-order valence-electron chi connectivity index (χ4n) is 2.89. The highest BCUT2D eigenvalue weighted by molar-refractivity contribution is 5.95. The molecule has 0 unspecified atom stereocenters. The van der Waals surface area contributed by atoms with Crippen LogP contribution in [0.1, 0.15) is 19.4 Å². The topological polar surface area (TPSA) is 41.2 Å². The molecule has 23 heavy (non-hydrogen) atoms. The van der Waals surface area contributed by atoms with E-state index in [0.29, 0.717) is 0 Å². The van der Waals surface area contributed by atoms with Crippen LogP contribution in [0.5, 0.6) is 0 Å². The molecule has 4 nitrogen and oxygen atoms in total. The Kier molecular flexibility index (Phi) is 4.63. The van der Waals surface area contributed by atoms with E-state index in [2.05, 4.69) is 39.7 Å². The highest BCUT2D eigenvalue weighted by atomic mass is 16.5. The Morgan fingerprint density at radius 3 is 2.87 bits per heavy atom. The summed E-state index contributed by atoms with van der Waals surface area (Å²) in [4.78, 5) is 10.2. The van der Waals surface area contributed by atoms with Gasteiger partial charge in [0.25, 0.3) is 0 Å². The molecule has 0 amide bonds. The summed E-state index contributed by atoms with van der Waals surface area (Å²) in [6, 6.07) is 2.22. The largest absolute Gasteiger partial charge is 0.378 e. The molecule has 1 saturated heterocycles. The molecule has 0 saturated carbocycles. The van der Waals surface area contributed by atoms with E-state index < -0.39 is 0 Å². The smallest absolute Gasteiger partial charge is 0.138 e. The van der Waals surface area contributed by atoms with Crippen LogP contribution in [0.25, 0.3) is 16.6 Å². The number of hydrogen-bond acceptors (Lipinski definition) is 3. The number of fused-ring (bicyclic) bond motifs is 1. The highest BCUT2D eigenvalue weighted by Crippen LogP contribution is 2.29. The monoisotopic (exact) mass is 309 g/mol. The summed E-state index contributed by atoms with van der Waals surface area (Å²) >= 11 is 0. The summed E-state index contributed by atoms with van der Waals surface area (Å²) in [5.74, 6) is 0. The molecule has 0 aliphatic carbocycles. The number of anilines is 1. The molecular weight excluding hydrogens is 286 g/mol. The summed E-state index contributed by atoms with van der Waals surface area (Å²) in [7, 11) is 0. The molecule has 120 valence electrons. The van der Waals surface area contributed by atoms with Crippen molar-refractivity contribution in [2.75, 3.05) is 31.2 Å². The Balaban J connectivity index is 2.05. The Hall–Kier alpha value is -2.33. The molecule has 2 aromatic heterocycles. The van der Waals surface area contributed by atoms with Crippen LogP contribution < -0.4 is 4.90 Å². The molecule has 3 rings (SSSR count). The van der Waals surface area contributed by atoms with Crippen molar-refractivity contribution >= 4 is 22.3 Å². The lowest BCUT2D eigenvalue weighted by Gasteiger charge is -2.28. The van der Waals surface area contributed by atoms with E-state index in [1.165, 1.54) is 0 Å². The average molecular weight is 309 g/mol. The third kappa shape index (κ3) is 3.37. The number of morpholine rings is 1. The van der Waals surface area contributed by atoms with Crippen molar-refractivity contribution in [1.82, 2.24) is 9.97 Å². The van der Waals surface area contributed by atoms with Crippen molar-refractivity contribution in [1.29, 1.82) is 0 Å². The average Bonchev–Trinajstić information content (AvgIpc) is 2.98. The van der Waals surface area contributed by atoms with Gasteiger partial charge < -0.3 is 14.6 Å². The SMILES string of the molecule is C=C(C)/C=C(\C=C/C)c1c[nH]c2ncc(N3CCOCC3)cc12. The predicted molar refractivity (Wildman–Crippen MR) is 96.7 cm³/mol. The van der Waals surface area contributed by atoms with Crippen LogP contribution in [0.15, 0.2) is 48.8 Å². The van der Waals surface area contributed by atoms with Gasteiger partial charge in [0.05, 0.1) is 25.1 Å². The third-order valence-corrected chi connectivity index (χ3v) is 3.95. The number of rotatable bonds is 4. The second-order valence-corrected chi connectivity index (χ2v) is 5.84. The molecule has 1 fully saturated rings. The van der Waals surface area contributed by atoms with Crippen molar-refractivity contribution in [2.24, 2.45) is 0 Å². The van der Waals surface area contributed by atoms with E-state index in [-0.39, 0.29) is 0 Å². The van der Waals surface area contributed by atoms with Gasteiger partial charge in [-0.25, -0.2) is 4.98 Å². The third-order valence-electron chi connectivity index (χ3n) is 3.95. The van der Waals surface area contributed by atoms with E-state index in [1.54, 1.807) is 0 Å². The number of pyridine rings is 1. The van der Waals surface area contributed by atoms with Crippen LogP contribution in [0.2, 0.25) is 0 Å². The summed E-state index contributed by atoms with van der Waals surface area (Å²) in [6.07, 6.45) is 10.2. The molecule has 1 aliphatic heterocycles. The fourth-order valence-corrected chi connectivity index (χ4v) is 2.89. The van der Waals surface area contributed by atoms with Gasteiger partial charge >= 0.3 is 0 Å². The summed E-state index contributed by atoms with van der Waals surface area (Å²) in [5, 5.41) is 1.14. The molecule has 0 aromatic carbocycles. The quantitative estimate of drug-likeness (QED) is 0.870. The second-order valence-electron chi connectivity index (χ2n) is 5.84. The lowest BCUT2D eigenvalue weighted by atomic mass is 10.0. The van der Waals surface area contributed by atoms with Gasteiger partial charge in [0, 0.05) is 30.2 Å². The van der Waals surface area contributed by atoms with Crippen molar-refractivity contribution < 1.29 is 4.74 Å². The first-order chi connectivity index (χ1) is 11.2. The zero-order valence-corrected chi connectivity index (χ0v) is 13.8. The maximum atomic E-state index is 5.44. The minimum Gasteiger partial charge on any atom is -0.378 e. The van der Waals surface area contributed by atoms with E-state index >= 15 is 0 Å². The van der Waals surface area contributed by atoms with Crippen LogP contribution in [0.3, 0.4) is 0 Å². The van der Waals surface area contributed by atoms with Gasteiger partial charge in [-0.15, -0.1) is 0 Å². The van der Waals surface area contributed by atoms with Crippen LogP contribution in [0.4, 0.5) is 5.69 Å². The standard InChI is InChI=1S/C19H23N3O/c1-4-5-15(10-14(2)3)18-13-21-19-17(18)11-16(12-20-19)22-6-8-23-9-7-22/h4-5,10-13H,2,6-9H2,1,3H3,(H,20,21)/b5-4-,15-10+. The van der Waals surface area contributed by atoms with E-state index in [0.717, 1.165) is 59.7 Å². The first-order valence-electron chi connectivity index (χ1n) is 7.99. The Morgan fingerprint density at radius 1 is 1.39 bits per heavy atom. The van der Waals surface area contributed by atoms with Gasteiger partial charge in [-0.05, 0) is 25.5 Å². The molecule has 0 bridgehead atoms. The highest BCUT2D eigenvalue weighted by Gasteiger charge is 2.14. The maximum absolute atomic E-state index is 5.44. The zero-order chi connectivity index (χ0) is 16.2. The van der Waals surface area contributed by atoms with Gasteiger partial charge in [0.15, 0.2) is 0 Å². The second kappa shape index (κ2) is 6.84. The molecule has 1 aliphatic rings. The van der Waals surface area contributed by atoms with Gasteiger partial charge in [-0.3, -0.25) is 0 Å². The number of allylic oxidation sites excluding steroid dienone is 5. The lowest BCUT2D eigenvalue weighted by molar-refractivity contribution is 0.122. The van der Waals surface area contributed by atoms with Crippen LogP contribution in [-0.4, -0.2) is 36.3 Å². The summed E-state index contributed by atoms with van der Waals surface area (Å²) < 4.78 is 5.44. The van der Waals surface area contributed by atoms with Gasteiger partial charge in [0.1, 0.15) is 5.65 Å².